The number of aliphatic hydroxyl groups is 2. The van der Waals surface area contributed by atoms with Crippen LogP contribution in [0.25, 0.3) is 11.5 Å². The van der Waals surface area contributed by atoms with Crippen LogP contribution in [-0.2, 0) is 12.8 Å². The molecule has 3 N–H and O–H groups in total. The molecule has 0 aromatic carbocycles. The fraction of sp³-hybridized carbons (Fsp3) is 0.591. The Morgan fingerprint density at radius 3 is 2.73 bits per heavy atom. The van der Waals surface area contributed by atoms with E-state index >= 15 is 0 Å². The summed E-state index contributed by atoms with van der Waals surface area (Å²) in [6.07, 6.45) is 3.90. The van der Waals surface area contributed by atoms with Crippen molar-refractivity contribution in [1.29, 1.82) is 0 Å². The van der Waals surface area contributed by atoms with Crippen LogP contribution in [0.15, 0.2) is 18.3 Å². The summed E-state index contributed by atoms with van der Waals surface area (Å²) in [4.78, 5) is 16.0. The van der Waals surface area contributed by atoms with E-state index in [2.05, 4.69) is 10.3 Å². The maximum Gasteiger partial charge on any atom is 0.180 e. The topological polar surface area (TPSA) is 104 Å². The van der Waals surface area contributed by atoms with Crippen molar-refractivity contribution in [2.75, 3.05) is 25.1 Å². The number of hydrogen-bond acceptors (Lipinski definition) is 8. The van der Waals surface area contributed by atoms with E-state index < -0.39 is 11.8 Å². The minimum absolute atomic E-state index is 0.177. The van der Waals surface area contributed by atoms with Gasteiger partial charge in [-0.05, 0) is 53.0 Å². The number of anilines is 1. The first-order valence-electron chi connectivity index (χ1n) is 10.5. The van der Waals surface area contributed by atoms with Crippen LogP contribution in [0.4, 0.5) is 5.82 Å². The Morgan fingerprint density at radius 1 is 1.27 bits per heavy atom. The lowest BCUT2D eigenvalue weighted by Crippen LogP contribution is -2.43. The molecule has 0 spiro atoms. The van der Waals surface area contributed by atoms with Crippen LogP contribution >= 0.6 is 0 Å². The highest BCUT2D eigenvalue weighted by Gasteiger charge is 2.24. The third-order valence-corrected chi connectivity index (χ3v) is 4.80. The molecule has 3 rings (SSSR count). The molecule has 2 heterocycles. The number of ether oxygens (including phenoxy) is 1. The molecule has 1 aliphatic carbocycles. The average Bonchev–Trinajstić information content (AvgIpc) is 3.13. The van der Waals surface area contributed by atoms with E-state index in [4.69, 9.17) is 14.7 Å². The Balaban J connectivity index is 1.87. The molecule has 2 aromatic rings. The number of nitrogens with zero attached hydrogens (tertiary/aromatic N) is 4. The molecule has 1 unspecified atom stereocenters. The van der Waals surface area contributed by atoms with Gasteiger partial charge in [-0.15, -0.1) is 0 Å². The fourth-order valence-corrected chi connectivity index (χ4v) is 3.51. The number of aromatic nitrogens is 3. The van der Waals surface area contributed by atoms with E-state index in [1.807, 2.05) is 25.8 Å². The van der Waals surface area contributed by atoms with Gasteiger partial charge in [-0.2, -0.15) is 0 Å². The maximum absolute atomic E-state index is 10.3. The highest BCUT2D eigenvalue weighted by molar-refractivity contribution is 5.59. The zero-order chi connectivity index (χ0) is 21.9. The SMILES string of the molecule is CC(C)NC(O)CN(C)c1nc(-c2cc(OCC(C)(C)O)ccn2)nc2c1CCC2. The normalized spacial score (nSPS) is 14.7. The molecule has 0 saturated carbocycles. The zero-order valence-electron chi connectivity index (χ0n) is 18.5. The van der Waals surface area contributed by atoms with E-state index in [0.717, 1.165) is 36.3 Å². The minimum atomic E-state index is -0.922. The van der Waals surface area contributed by atoms with Gasteiger partial charge in [-0.25, -0.2) is 9.97 Å². The molecule has 0 aliphatic heterocycles. The van der Waals surface area contributed by atoms with E-state index in [9.17, 15) is 10.2 Å². The van der Waals surface area contributed by atoms with Gasteiger partial charge in [0.2, 0.25) is 0 Å². The minimum Gasteiger partial charge on any atom is -0.490 e. The van der Waals surface area contributed by atoms with Gasteiger partial charge in [-0.1, -0.05) is 0 Å². The molecule has 0 radical (unpaired) electrons. The Bertz CT molecular complexity index is 866. The second-order valence-electron chi connectivity index (χ2n) is 8.85. The molecule has 0 amide bonds. The third-order valence-electron chi connectivity index (χ3n) is 4.80. The summed E-state index contributed by atoms with van der Waals surface area (Å²) in [6.45, 7) is 8.00. The number of aryl methyl sites for hydroxylation is 1. The van der Waals surface area contributed by atoms with Gasteiger partial charge in [-0.3, -0.25) is 10.3 Å². The van der Waals surface area contributed by atoms with Gasteiger partial charge >= 0.3 is 0 Å². The van der Waals surface area contributed by atoms with Gasteiger partial charge in [0, 0.05) is 36.6 Å². The Morgan fingerprint density at radius 2 is 2.03 bits per heavy atom. The van der Waals surface area contributed by atoms with Crippen LogP contribution in [0.5, 0.6) is 5.75 Å². The summed E-state index contributed by atoms with van der Waals surface area (Å²) < 4.78 is 5.70. The zero-order valence-corrected chi connectivity index (χ0v) is 18.5. The van der Waals surface area contributed by atoms with Crippen molar-refractivity contribution < 1.29 is 14.9 Å². The standard InChI is InChI=1S/C22H33N5O3/c1-14(2)24-19(28)12-27(5)21-16-7-6-8-17(16)25-20(26-21)18-11-15(9-10-23-18)30-13-22(3,4)29/h9-11,14,19,24,28-29H,6-8,12-13H2,1-5H3. The van der Waals surface area contributed by atoms with Gasteiger partial charge in [0.25, 0.3) is 0 Å². The lowest BCUT2D eigenvalue weighted by molar-refractivity contribution is 0.0285. The summed E-state index contributed by atoms with van der Waals surface area (Å²) in [5, 5.41) is 23.3. The number of aliphatic hydroxyl groups excluding tert-OH is 1. The largest absolute Gasteiger partial charge is 0.490 e. The molecule has 0 fully saturated rings. The van der Waals surface area contributed by atoms with Crippen LogP contribution < -0.4 is 15.0 Å². The van der Waals surface area contributed by atoms with Crippen LogP contribution in [-0.4, -0.2) is 63.2 Å². The first-order chi connectivity index (χ1) is 14.1. The number of pyridine rings is 1. The predicted octanol–water partition coefficient (Wildman–Crippen LogP) is 1.93. The van der Waals surface area contributed by atoms with Crippen molar-refractivity contribution >= 4 is 5.82 Å². The summed E-state index contributed by atoms with van der Waals surface area (Å²) in [6, 6.07) is 3.74. The number of hydrogen-bond donors (Lipinski definition) is 3. The van der Waals surface area contributed by atoms with Crippen LogP contribution in [0, 0.1) is 0 Å². The van der Waals surface area contributed by atoms with E-state index in [1.165, 1.54) is 0 Å². The van der Waals surface area contributed by atoms with Gasteiger partial charge in [0.05, 0.1) is 12.1 Å². The molecule has 30 heavy (non-hydrogen) atoms. The summed E-state index contributed by atoms with van der Waals surface area (Å²) in [7, 11) is 1.94. The Hall–Kier alpha value is -2.29. The number of rotatable bonds is 9. The van der Waals surface area contributed by atoms with Gasteiger partial charge < -0.3 is 19.8 Å². The number of nitrogens with one attached hydrogen (secondary N) is 1. The van der Waals surface area contributed by atoms with E-state index in [0.29, 0.717) is 23.8 Å². The number of fused-ring (bicyclic) bond motifs is 1. The first-order valence-corrected chi connectivity index (χ1v) is 10.5. The molecule has 2 aromatic heterocycles. The van der Waals surface area contributed by atoms with Crippen LogP contribution in [0.1, 0.15) is 45.4 Å². The lowest BCUT2D eigenvalue weighted by atomic mass is 10.2. The van der Waals surface area contributed by atoms with Crippen molar-refractivity contribution in [3.63, 3.8) is 0 Å². The second kappa shape index (κ2) is 9.24. The maximum atomic E-state index is 10.3. The lowest BCUT2D eigenvalue weighted by Gasteiger charge is -2.25. The van der Waals surface area contributed by atoms with Crippen molar-refractivity contribution in [1.82, 2.24) is 20.3 Å². The molecule has 8 nitrogen and oxygen atoms in total. The van der Waals surface area contributed by atoms with Gasteiger partial charge in [0.1, 0.15) is 30.1 Å². The van der Waals surface area contributed by atoms with Crippen LogP contribution in [0.3, 0.4) is 0 Å². The van der Waals surface area contributed by atoms with Crippen LogP contribution in [0.2, 0.25) is 0 Å². The summed E-state index contributed by atoms with van der Waals surface area (Å²) >= 11 is 0. The number of likely N-dealkylation sites (N-methyl/N-ethyl adjacent to an activating group) is 1. The van der Waals surface area contributed by atoms with E-state index in [1.54, 1.807) is 32.2 Å². The highest BCUT2D eigenvalue weighted by atomic mass is 16.5. The monoisotopic (exact) mass is 415 g/mol. The summed E-state index contributed by atoms with van der Waals surface area (Å²) in [5.41, 5.74) is 1.88. The Labute approximate surface area is 178 Å². The first kappa shape index (κ1) is 22.4. The molecule has 8 heteroatoms. The average molecular weight is 416 g/mol. The third kappa shape index (κ3) is 5.87. The molecule has 1 atom stereocenters. The summed E-state index contributed by atoms with van der Waals surface area (Å²) in [5.74, 6) is 1.98. The molecule has 0 saturated heterocycles. The second-order valence-corrected chi connectivity index (χ2v) is 8.85. The highest BCUT2D eigenvalue weighted by Crippen LogP contribution is 2.31. The van der Waals surface area contributed by atoms with Crippen molar-refractivity contribution in [3.8, 4) is 17.3 Å². The van der Waals surface area contributed by atoms with Crippen molar-refractivity contribution in [2.45, 2.75) is 64.8 Å². The van der Waals surface area contributed by atoms with Crippen molar-refractivity contribution in [3.05, 3.63) is 29.6 Å². The molecule has 164 valence electrons. The van der Waals surface area contributed by atoms with Crippen molar-refractivity contribution in [2.24, 2.45) is 0 Å². The smallest absolute Gasteiger partial charge is 0.180 e. The molecular formula is C22H33N5O3. The van der Waals surface area contributed by atoms with Gasteiger partial charge in [0.15, 0.2) is 5.82 Å². The van der Waals surface area contributed by atoms with E-state index in [-0.39, 0.29) is 12.6 Å². The molecule has 1 aliphatic rings. The quantitative estimate of drug-likeness (QED) is 0.534. The fourth-order valence-electron chi connectivity index (χ4n) is 3.51. The molecule has 0 bridgehead atoms. The molecular weight excluding hydrogens is 382 g/mol. The Kier molecular flexibility index (Phi) is 6.90. The predicted molar refractivity (Wildman–Crippen MR) is 117 cm³/mol.